The second-order valence-corrected chi connectivity index (χ2v) is 4.23. The molecular weight excluding hydrogens is 210 g/mol. The lowest BCUT2D eigenvalue weighted by molar-refractivity contribution is 0.544. The molecule has 4 heteroatoms. The molecular formula is C11H17NO2S. The second-order valence-electron chi connectivity index (χ2n) is 3.44. The standard InChI is InChI=1S/C11H17NO2S/c13-15(14)12-10-6-2-5-9-11-7-3-1-4-8-11/h1,3-4,7-8,12H,2,5-6,9-10H2,(H,13,14). The van der Waals surface area contributed by atoms with Crippen LogP contribution in [0.25, 0.3) is 0 Å². The molecule has 0 aliphatic rings. The minimum absolute atomic E-state index is 0.609. The van der Waals surface area contributed by atoms with Crippen LogP contribution in [-0.4, -0.2) is 15.3 Å². The molecule has 1 aromatic carbocycles. The van der Waals surface area contributed by atoms with Crippen LogP contribution in [0, 0.1) is 0 Å². The summed E-state index contributed by atoms with van der Waals surface area (Å²) in [5, 5.41) is 0. The van der Waals surface area contributed by atoms with Gasteiger partial charge in [-0.15, -0.1) is 0 Å². The van der Waals surface area contributed by atoms with E-state index in [1.165, 1.54) is 5.56 Å². The summed E-state index contributed by atoms with van der Waals surface area (Å²) in [6.45, 7) is 0.609. The molecule has 0 radical (unpaired) electrons. The van der Waals surface area contributed by atoms with Crippen LogP contribution in [-0.2, 0) is 17.7 Å². The summed E-state index contributed by atoms with van der Waals surface area (Å²) >= 11 is -1.86. The molecule has 0 bridgehead atoms. The smallest absolute Gasteiger partial charge is 0.231 e. The van der Waals surface area contributed by atoms with Gasteiger partial charge in [-0.25, -0.2) is 8.93 Å². The molecule has 84 valence electrons. The number of hydrogen-bond donors (Lipinski definition) is 2. The van der Waals surface area contributed by atoms with Crippen molar-refractivity contribution in [2.45, 2.75) is 25.7 Å². The lowest BCUT2D eigenvalue weighted by Crippen LogP contribution is -2.17. The molecule has 1 atom stereocenters. The molecule has 0 saturated heterocycles. The largest absolute Gasteiger partial charge is 0.294 e. The summed E-state index contributed by atoms with van der Waals surface area (Å²) in [6.07, 6.45) is 4.24. The van der Waals surface area contributed by atoms with E-state index in [1.807, 2.05) is 18.2 Å². The van der Waals surface area contributed by atoms with E-state index in [4.69, 9.17) is 4.55 Å². The Hall–Kier alpha value is -0.710. The van der Waals surface area contributed by atoms with Crippen LogP contribution in [0.5, 0.6) is 0 Å². The highest BCUT2D eigenvalue weighted by Gasteiger charge is 1.94. The van der Waals surface area contributed by atoms with Crippen molar-refractivity contribution in [3.05, 3.63) is 35.9 Å². The molecule has 0 amide bonds. The van der Waals surface area contributed by atoms with E-state index in [-0.39, 0.29) is 0 Å². The lowest BCUT2D eigenvalue weighted by atomic mass is 10.1. The van der Waals surface area contributed by atoms with Crippen molar-refractivity contribution in [1.29, 1.82) is 0 Å². The van der Waals surface area contributed by atoms with E-state index in [2.05, 4.69) is 16.9 Å². The predicted molar refractivity (Wildman–Crippen MR) is 62.8 cm³/mol. The highest BCUT2D eigenvalue weighted by molar-refractivity contribution is 7.77. The maximum Gasteiger partial charge on any atom is 0.231 e. The number of hydrogen-bond acceptors (Lipinski definition) is 1. The summed E-state index contributed by atoms with van der Waals surface area (Å²) in [5.74, 6) is 0. The van der Waals surface area contributed by atoms with Crippen LogP contribution in [0.4, 0.5) is 0 Å². The van der Waals surface area contributed by atoms with Gasteiger partial charge >= 0.3 is 0 Å². The van der Waals surface area contributed by atoms with Crippen LogP contribution in [0.2, 0.25) is 0 Å². The van der Waals surface area contributed by atoms with E-state index < -0.39 is 11.3 Å². The average Bonchev–Trinajstić information content (AvgIpc) is 2.24. The van der Waals surface area contributed by atoms with Crippen molar-refractivity contribution in [3.8, 4) is 0 Å². The van der Waals surface area contributed by atoms with Crippen molar-refractivity contribution in [2.75, 3.05) is 6.54 Å². The maximum atomic E-state index is 10.3. The number of nitrogens with one attached hydrogen (secondary N) is 1. The normalized spacial score (nSPS) is 12.6. The van der Waals surface area contributed by atoms with Crippen LogP contribution in [0.1, 0.15) is 24.8 Å². The topological polar surface area (TPSA) is 49.3 Å². The van der Waals surface area contributed by atoms with E-state index in [0.29, 0.717) is 6.54 Å². The van der Waals surface area contributed by atoms with Gasteiger partial charge in [0.2, 0.25) is 11.3 Å². The maximum absolute atomic E-state index is 10.3. The first-order valence-corrected chi connectivity index (χ1v) is 6.28. The van der Waals surface area contributed by atoms with Gasteiger partial charge in [0.1, 0.15) is 0 Å². The fourth-order valence-electron chi connectivity index (χ4n) is 1.44. The zero-order valence-corrected chi connectivity index (χ0v) is 9.50. The van der Waals surface area contributed by atoms with Gasteiger partial charge < -0.3 is 0 Å². The van der Waals surface area contributed by atoms with Gasteiger partial charge in [-0.1, -0.05) is 36.8 Å². The summed E-state index contributed by atoms with van der Waals surface area (Å²) in [5.41, 5.74) is 1.36. The molecule has 1 aromatic rings. The lowest BCUT2D eigenvalue weighted by Gasteiger charge is -2.01. The SMILES string of the molecule is O=S(O)NCCCCCc1ccccc1. The molecule has 1 unspecified atom stereocenters. The average molecular weight is 227 g/mol. The third kappa shape index (κ3) is 6.38. The van der Waals surface area contributed by atoms with Gasteiger partial charge in [0.15, 0.2) is 0 Å². The van der Waals surface area contributed by atoms with Crippen molar-refractivity contribution in [1.82, 2.24) is 4.72 Å². The Morgan fingerprint density at radius 3 is 2.53 bits per heavy atom. The minimum atomic E-state index is -1.86. The zero-order chi connectivity index (χ0) is 10.9. The van der Waals surface area contributed by atoms with Crippen LogP contribution < -0.4 is 4.72 Å². The molecule has 0 aliphatic carbocycles. The van der Waals surface area contributed by atoms with Crippen molar-refractivity contribution in [3.63, 3.8) is 0 Å². The highest BCUT2D eigenvalue weighted by atomic mass is 32.2. The summed E-state index contributed by atoms with van der Waals surface area (Å²) in [6, 6.07) is 10.4. The molecule has 0 aromatic heterocycles. The van der Waals surface area contributed by atoms with E-state index in [9.17, 15) is 4.21 Å². The van der Waals surface area contributed by atoms with Crippen molar-refractivity contribution in [2.24, 2.45) is 0 Å². The van der Waals surface area contributed by atoms with Gasteiger partial charge in [-0.3, -0.25) is 4.55 Å². The first-order valence-electron chi connectivity index (χ1n) is 5.17. The molecule has 1 rings (SSSR count). The Labute approximate surface area is 93.3 Å². The number of rotatable bonds is 7. The molecule has 2 N–H and O–H groups in total. The predicted octanol–water partition coefficient (Wildman–Crippen LogP) is 2.13. The monoisotopic (exact) mass is 227 g/mol. The Morgan fingerprint density at radius 1 is 1.13 bits per heavy atom. The Morgan fingerprint density at radius 2 is 1.87 bits per heavy atom. The quantitative estimate of drug-likeness (QED) is 0.554. The van der Waals surface area contributed by atoms with Crippen LogP contribution in [0.3, 0.4) is 0 Å². The highest BCUT2D eigenvalue weighted by Crippen LogP contribution is 2.05. The van der Waals surface area contributed by atoms with Crippen molar-refractivity contribution < 1.29 is 8.76 Å². The zero-order valence-electron chi connectivity index (χ0n) is 8.69. The first-order chi connectivity index (χ1) is 7.29. The molecule has 0 aliphatic heterocycles. The minimum Gasteiger partial charge on any atom is -0.294 e. The van der Waals surface area contributed by atoms with Gasteiger partial charge in [0.25, 0.3) is 0 Å². The molecule has 0 spiro atoms. The fourth-order valence-corrected chi connectivity index (χ4v) is 1.75. The van der Waals surface area contributed by atoms with Gasteiger partial charge in [-0.05, 0) is 24.8 Å². The van der Waals surface area contributed by atoms with Gasteiger partial charge in [0.05, 0.1) is 0 Å². The number of unbranched alkanes of at least 4 members (excludes halogenated alkanes) is 2. The first kappa shape index (κ1) is 12.4. The van der Waals surface area contributed by atoms with Crippen LogP contribution >= 0.6 is 0 Å². The van der Waals surface area contributed by atoms with E-state index in [1.54, 1.807) is 0 Å². The summed E-state index contributed by atoms with van der Waals surface area (Å²) < 4.78 is 21.2. The Kier molecular flexibility index (Phi) is 6.23. The van der Waals surface area contributed by atoms with Gasteiger partial charge in [-0.2, -0.15) is 0 Å². The van der Waals surface area contributed by atoms with Gasteiger partial charge in [0, 0.05) is 6.54 Å². The van der Waals surface area contributed by atoms with Crippen molar-refractivity contribution >= 4 is 11.3 Å². The molecule has 0 saturated carbocycles. The molecule has 0 fully saturated rings. The van der Waals surface area contributed by atoms with Crippen LogP contribution in [0.15, 0.2) is 30.3 Å². The fraction of sp³-hybridized carbons (Fsp3) is 0.455. The Balaban J connectivity index is 2.00. The molecule has 0 heterocycles. The summed E-state index contributed by atoms with van der Waals surface area (Å²) in [4.78, 5) is 0. The van der Waals surface area contributed by atoms with E-state index in [0.717, 1.165) is 25.7 Å². The number of aryl methyl sites for hydroxylation is 1. The Bertz CT molecular complexity index is 290. The second kappa shape index (κ2) is 7.56. The molecule has 3 nitrogen and oxygen atoms in total. The number of benzene rings is 1. The third-order valence-corrected chi connectivity index (χ3v) is 2.66. The summed E-state index contributed by atoms with van der Waals surface area (Å²) in [7, 11) is 0. The third-order valence-electron chi connectivity index (χ3n) is 2.21. The van der Waals surface area contributed by atoms with E-state index >= 15 is 0 Å². The molecule has 15 heavy (non-hydrogen) atoms.